The van der Waals surface area contributed by atoms with Gasteiger partial charge in [0, 0.05) is 25.7 Å². The molecule has 0 spiro atoms. The Kier molecular flexibility index (Phi) is 2.14. The van der Waals surface area contributed by atoms with Gasteiger partial charge in [-0.1, -0.05) is 11.6 Å². The molecule has 2 saturated heterocycles. The van der Waals surface area contributed by atoms with Gasteiger partial charge in [-0.2, -0.15) is 0 Å². The summed E-state index contributed by atoms with van der Waals surface area (Å²) < 4.78 is 0. The quantitative estimate of drug-likeness (QED) is 0.662. The monoisotopic (exact) mass is 192 g/mol. The van der Waals surface area contributed by atoms with Gasteiger partial charge in [0.25, 0.3) is 0 Å². The highest BCUT2D eigenvalue weighted by molar-refractivity contribution is 5.07. The Hall–Kier alpha value is -0.340. The normalized spacial score (nSPS) is 42.1. The highest BCUT2D eigenvalue weighted by atomic mass is 15.1. The minimum atomic E-state index is 0.868. The van der Waals surface area contributed by atoms with Crippen LogP contribution in [0, 0.1) is 11.8 Å². The van der Waals surface area contributed by atoms with Gasteiger partial charge < -0.3 is 5.32 Å². The summed E-state index contributed by atoms with van der Waals surface area (Å²) in [6, 6.07) is 0.868. The van der Waals surface area contributed by atoms with E-state index < -0.39 is 0 Å². The van der Waals surface area contributed by atoms with Gasteiger partial charge in [0.2, 0.25) is 0 Å². The molecule has 2 nitrogen and oxygen atoms in total. The Bertz CT molecular complexity index is 245. The van der Waals surface area contributed by atoms with Gasteiger partial charge in [-0.15, -0.1) is 0 Å². The van der Waals surface area contributed by atoms with E-state index in [0.717, 1.165) is 17.9 Å². The summed E-state index contributed by atoms with van der Waals surface area (Å²) in [4.78, 5) is 2.63. The molecule has 3 atom stereocenters. The van der Waals surface area contributed by atoms with Crippen molar-refractivity contribution >= 4 is 0 Å². The van der Waals surface area contributed by atoms with E-state index in [0.29, 0.717) is 0 Å². The molecule has 1 N–H and O–H groups in total. The SMILES string of the molecule is CC1=CCN(CC2C3CNC2C3)CC1. The Balaban J connectivity index is 1.54. The molecule has 4 aliphatic rings. The molecule has 1 aliphatic carbocycles. The number of nitrogens with one attached hydrogen (secondary N) is 1. The second-order valence-corrected chi connectivity index (χ2v) is 5.23. The molecule has 0 amide bonds. The highest BCUT2D eigenvalue weighted by Gasteiger charge is 2.46. The minimum absolute atomic E-state index is 0.868. The maximum Gasteiger partial charge on any atom is 0.0165 e. The standard InChI is InChI=1S/C12H20N2/c1-9-2-4-14(5-3-9)8-11-10-6-12(11)13-7-10/h2,10-13H,3-8H2,1H3. The molecular weight excluding hydrogens is 172 g/mol. The zero-order valence-electron chi connectivity index (χ0n) is 9.00. The average Bonchev–Trinajstić information content (AvgIpc) is 2.78. The first-order chi connectivity index (χ1) is 6.83. The molecule has 0 radical (unpaired) electrons. The summed E-state index contributed by atoms with van der Waals surface area (Å²) in [7, 11) is 0. The lowest BCUT2D eigenvalue weighted by Crippen LogP contribution is -2.45. The second kappa shape index (κ2) is 3.35. The van der Waals surface area contributed by atoms with Crippen LogP contribution in [0.5, 0.6) is 0 Å². The third-order valence-corrected chi connectivity index (χ3v) is 4.31. The van der Waals surface area contributed by atoms with E-state index in [-0.39, 0.29) is 0 Å². The Morgan fingerprint density at radius 3 is 3.07 bits per heavy atom. The van der Waals surface area contributed by atoms with Crippen LogP contribution >= 0.6 is 0 Å². The van der Waals surface area contributed by atoms with Crippen molar-refractivity contribution in [1.29, 1.82) is 0 Å². The first kappa shape index (κ1) is 8.93. The molecule has 3 aliphatic heterocycles. The van der Waals surface area contributed by atoms with Crippen molar-refractivity contribution in [2.24, 2.45) is 11.8 Å². The lowest BCUT2D eigenvalue weighted by Gasteiger charge is -2.39. The van der Waals surface area contributed by atoms with Crippen molar-refractivity contribution in [3.63, 3.8) is 0 Å². The third kappa shape index (κ3) is 1.41. The molecule has 4 rings (SSSR count). The molecule has 2 bridgehead atoms. The molecule has 2 heteroatoms. The largest absolute Gasteiger partial charge is 0.313 e. The van der Waals surface area contributed by atoms with Crippen molar-refractivity contribution in [2.45, 2.75) is 25.8 Å². The summed E-state index contributed by atoms with van der Waals surface area (Å²) in [5, 5.41) is 3.60. The summed E-state index contributed by atoms with van der Waals surface area (Å²) in [5.41, 5.74) is 1.58. The fourth-order valence-corrected chi connectivity index (χ4v) is 3.13. The van der Waals surface area contributed by atoms with Gasteiger partial charge in [-0.3, -0.25) is 4.90 Å². The summed E-state index contributed by atoms with van der Waals surface area (Å²) in [6.07, 6.45) is 5.14. The van der Waals surface area contributed by atoms with E-state index in [1.165, 1.54) is 39.0 Å². The van der Waals surface area contributed by atoms with Crippen LogP contribution in [0.3, 0.4) is 0 Å². The molecule has 78 valence electrons. The van der Waals surface area contributed by atoms with Crippen LogP contribution in [0.15, 0.2) is 11.6 Å². The van der Waals surface area contributed by atoms with Crippen LogP contribution in [0.1, 0.15) is 19.8 Å². The molecule has 0 aromatic heterocycles. The summed E-state index contributed by atoms with van der Waals surface area (Å²) in [6.45, 7) is 7.37. The Morgan fingerprint density at radius 2 is 2.50 bits per heavy atom. The average molecular weight is 192 g/mol. The van der Waals surface area contributed by atoms with Gasteiger partial charge in [-0.05, 0) is 38.1 Å². The smallest absolute Gasteiger partial charge is 0.0165 e. The number of nitrogens with zero attached hydrogens (tertiary/aromatic N) is 1. The van der Waals surface area contributed by atoms with E-state index in [4.69, 9.17) is 0 Å². The van der Waals surface area contributed by atoms with E-state index in [1.807, 2.05) is 0 Å². The maximum atomic E-state index is 3.60. The maximum absolute atomic E-state index is 3.60. The summed E-state index contributed by atoms with van der Waals surface area (Å²) >= 11 is 0. The van der Waals surface area contributed by atoms with Gasteiger partial charge >= 0.3 is 0 Å². The van der Waals surface area contributed by atoms with Crippen LogP contribution in [-0.4, -0.2) is 37.1 Å². The van der Waals surface area contributed by atoms with Gasteiger partial charge in [0.15, 0.2) is 0 Å². The lowest BCUT2D eigenvalue weighted by molar-refractivity contribution is 0.137. The zero-order chi connectivity index (χ0) is 9.54. The second-order valence-electron chi connectivity index (χ2n) is 5.23. The number of hydrogen-bond donors (Lipinski definition) is 1. The topological polar surface area (TPSA) is 15.3 Å². The fourth-order valence-electron chi connectivity index (χ4n) is 3.13. The molecule has 14 heavy (non-hydrogen) atoms. The number of fused-ring (bicyclic) bond motifs is 1. The van der Waals surface area contributed by atoms with Crippen LogP contribution in [0.2, 0.25) is 0 Å². The first-order valence-corrected chi connectivity index (χ1v) is 5.94. The van der Waals surface area contributed by atoms with Crippen molar-refractivity contribution in [3.8, 4) is 0 Å². The lowest BCUT2D eigenvalue weighted by atomic mass is 9.73. The van der Waals surface area contributed by atoms with E-state index in [9.17, 15) is 0 Å². The fraction of sp³-hybridized carbons (Fsp3) is 0.833. The van der Waals surface area contributed by atoms with Crippen LogP contribution in [0.4, 0.5) is 0 Å². The van der Waals surface area contributed by atoms with Crippen molar-refractivity contribution in [3.05, 3.63) is 11.6 Å². The minimum Gasteiger partial charge on any atom is -0.313 e. The van der Waals surface area contributed by atoms with Crippen LogP contribution in [-0.2, 0) is 0 Å². The van der Waals surface area contributed by atoms with Gasteiger partial charge in [0.05, 0.1) is 0 Å². The van der Waals surface area contributed by atoms with Crippen molar-refractivity contribution in [2.75, 3.05) is 26.2 Å². The van der Waals surface area contributed by atoms with Crippen LogP contribution in [0.25, 0.3) is 0 Å². The van der Waals surface area contributed by atoms with Gasteiger partial charge in [-0.25, -0.2) is 0 Å². The molecule has 3 unspecified atom stereocenters. The molecule has 0 aromatic carbocycles. The number of hydrogen-bond acceptors (Lipinski definition) is 2. The van der Waals surface area contributed by atoms with E-state index in [2.05, 4.69) is 23.2 Å². The van der Waals surface area contributed by atoms with Crippen molar-refractivity contribution in [1.82, 2.24) is 10.2 Å². The molecule has 3 heterocycles. The molecule has 1 saturated carbocycles. The zero-order valence-corrected chi connectivity index (χ0v) is 9.00. The van der Waals surface area contributed by atoms with E-state index in [1.54, 1.807) is 5.57 Å². The Morgan fingerprint density at radius 1 is 1.57 bits per heavy atom. The highest BCUT2D eigenvalue weighted by Crippen LogP contribution is 2.40. The first-order valence-electron chi connectivity index (χ1n) is 5.94. The predicted octanol–water partition coefficient (Wildman–Crippen LogP) is 1.25. The van der Waals surface area contributed by atoms with Crippen LogP contribution < -0.4 is 5.32 Å². The third-order valence-electron chi connectivity index (χ3n) is 4.31. The summed E-state index contributed by atoms with van der Waals surface area (Å²) in [5.74, 6) is 1.98. The van der Waals surface area contributed by atoms with Gasteiger partial charge in [0.1, 0.15) is 0 Å². The van der Waals surface area contributed by atoms with E-state index >= 15 is 0 Å². The molecular formula is C12H20N2. The molecule has 0 aromatic rings. The van der Waals surface area contributed by atoms with Crippen molar-refractivity contribution < 1.29 is 0 Å². The Labute approximate surface area is 86.4 Å². The number of rotatable bonds is 2. The molecule has 3 fully saturated rings. The predicted molar refractivity (Wildman–Crippen MR) is 58.2 cm³/mol.